The molecule has 1 aliphatic heterocycles. The van der Waals surface area contributed by atoms with Crippen molar-refractivity contribution in [2.75, 3.05) is 18.5 Å². The van der Waals surface area contributed by atoms with Gasteiger partial charge >= 0.3 is 0 Å². The second kappa shape index (κ2) is 7.58. The van der Waals surface area contributed by atoms with E-state index >= 15 is 0 Å². The number of aryl methyl sites for hydroxylation is 1. The molecule has 1 aliphatic rings. The van der Waals surface area contributed by atoms with E-state index in [2.05, 4.69) is 12.2 Å². The van der Waals surface area contributed by atoms with Crippen LogP contribution in [-0.4, -0.2) is 19.1 Å². The average Bonchev–Trinajstić information content (AvgIpc) is 2.57. The lowest BCUT2D eigenvalue weighted by Gasteiger charge is -2.20. The van der Waals surface area contributed by atoms with E-state index in [0.29, 0.717) is 29.7 Å². The molecule has 2 aromatic carbocycles. The third-order valence-corrected chi connectivity index (χ3v) is 4.08. The van der Waals surface area contributed by atoms with E-state index in [9.17, 15) is 4.79 Å². The summed E-state index contributed by atoms with van der Waals surface area (Å²) in [5.41, 5.74) is 2.86. The molecule has 1 heterocycles. The molecule has 0 unspecified atom stereocenters. The number of rotatable bonds is 5. The predicted octanol–water partition coefficient (Wildman–Crippen LogP) is 4.24. The third kappa shape index (κ3) is 4.01. The summed E-state index contributed by atoms with van der Waals surface area (Å²) in [6.07, 6.45) is 2.38. The molecule has 0 saturated heterocycles. The van der Waals surface area contributed by atoms with Crippen LogP contribution in [0, 0.1) is 0 Å². The molecule has 24 heavy (non-hydrogen) atoms. The Kier molecular flexibility index (Phi) is 5.26. The molecular formula is C19H20ClNO3. The zero-order valence-electron chi connectivity index (χ0n) is 13.6. The lowest BCUT2D eigenvalue weighted by molar-refractivity contribution is -0.115. The standard InChI is InChI=1S/C19H20ClNO3/c1-2-3-13-4-6-15(7-5-13)21-18(22)12-14-10-16(20)19-17(11-14)23-8-9-24-19/h4-7,10-11H,2-3,8-9,12H2,1H3,(H,21,22). The zero-order valence-corrected chi connectivity index (χ0v) is 14.4. The molecule has 0 radical (unpaired) electrons. The van der Waals surface area contributed by atoms with Gasteiger partial charge in [-0.25, -0.2) is 0 Å². The molecule has 5 heteroatoms. The minimum Gasteiger partial charge on any atom is -0.486 e. The van der Waals surface area contributed by atoms with E-state index in [1.54, 1.807) is 6.07 Å². The first-order valence-corrected chi connectivity index (χ1v) is 8.50. The summed E-state index contributed by atoms with van der Waals surface area (Å²) in [4.78, 5) is 12.2. The second-order valence-corrected chi connectivity index (χ2v) is 6.18. The van der Waals surface area contributed by atoms with Gasteiger partial charge in [0.15, 0.2) is 11.5 Å². The van der Waals surface area contributed by atoms with Gasteiger partial charge < -0.3 is 14.8 Å². The van der Waals surface area contributed by atoms with Crippen LogP contribution in [0.2, 0.25) is 5.02 Å². The minimum atomic E-state index is -0.0917. The summed E-state index contributed by atoms with van der Waals surface area (Å²) in [5, 5.41) is 3.38. The van der Waals surface area contributed by atoms with Gasteiger partial charge in [0.1, 0.15) is 13.2 Å². The zero-order chi connectivity index (χ0) is 16.9. The fraction of sp³-hybridized carbons (Fsp3) is 0.316. The maximum atomic E-state index is 12.2. The highest BCUT2D eigenvalue weighted by Crippen LogP contribution is 2.38. The highest BCUT2D eigenvalue weighted by Gasteiger charge is 2.17. The van der Waals surface area contributed by atoms with Crippen molar-refractivity contribution < 1.29 is 14.3 Å². The van der Waals surface area contributed by atoms with Crippen molar-refractivity contribution >= 4 is 23.2 Å². The number of halogens is 1. The molecule has 1 amide bonds. The molecule has 0 aromatic heterocycles. The minimum absolute atomic E-state index is 0.0917. The molecular weight excluding hydrogens is 326 g/mol. The van der Waals surface area contributed by atoms with E-state index < -0.39 is 0 Å². The van der Waals surface area contributed by atoms with Crippen molar-refractivity contribution in [3.8, 4) is 11.5 Å². The van der Waals surface area contributed by atoms with Crippen LogP contribution in [-0.2, 0) is 17.6 Å². The smallest absolute Gasteiger partial charge is 0.228 e. The first kappa shape index (κ1) is 16.7. The lowest BCUT2D eigenvalue weighted by Crippen LogP contribution is -2.17. The van der Waals surface area contributed by atoms with Gasteiger partial charge in [0, 0.05) is 5.69 Å². The van der Waals surface area contributed by atoms with Crippen molar-refractivity contribution in [1.29, 1.82) is 0 Å². The molecule has 126 valence electrons. The number of carbonyl (C=O) groups excluding carboxylic acids is 1. The fourth-order valence-electron chi connectivity index (χ4n) is 2.70. The van der Waals surface area contributed by atoms with Crippen LogP contribution < -0.4 is 14.8 Å². The van der Waals surface area contributed by atoms with E-state index in [4.69, 9.17) is 21.1 Å². The Morgan fingerprint density at radius 1 is 1.12 bits per heavy atom. The molecule has 0 bridgehead atoms. The highest BCUT2D eigenvalue weighted by atomic mass is 35.5. The molecule has 0 atom stereocenters. The van der Waals surface area contributed by atoms with Gasteiger partial charge in [-0.15, -0.1) is 0 Å². The van der Waals surface area contributed by atoms with Gasteiger partial charge in [-0.3, -0.25) is 4.79 Å². The Hall–Kier alpha value is -2.20. The van der Waals surface area contributed by atoms with Gasteiger partial charge in [0.05, 0.1) is 11.4 Å². The van der Waals surface area contributed by atoms with Gasteiger partial charge in [-0.2, -0.15) is 0 Å². The summed E-state index contributed by atoms with van der Waals surface area (Å²) in [7, 11) is 0. The molecule has 0 fully saturated rings. The summed E-state index contributed by atoms with van der Waals surface area (Å²) < 4.78 is 11.0. The Balaban J connectivity index is 1.65. The SMILES string of the molecule is CCCc1ccc(NC(=O)Cc2cc(Cl)c3c(c2)OCCO3)cc1. The van der Waals surface area contributed by atoms with Gasteiger partial charge in [0.25, 0.3) is 0 Å². The van der Waals surface area contributed by atoms with E-state index in [-0.39, 0.29) is 12.3 Å². The number of carbonyl (C=O) groups is 1. The van der Waals surface area contributed by atoms with Crippen LogP contribution >= 0.6 is 11.6 Å². The lowest BCUT2D eigenvalue weighted by atomic mass is 10.1. The van der Waals surface area contributed by atoms with Crippen LogP contribution in [0.4, 0.5) is 5.69 Å². The second-order valence-electron chi connectivity index (χ2n) is 5.77. The number of fused-ring (bicyclic) bond motifs is 1. The first-order chi connectivity index (χ1) is 11.7. The molecule has 0 saturated carbocycles. The fourth-order valence-corrected chi connectivity index (χ4v) is 2.99. The average molecular weight is 346 g/mol. The molecule has 3 rings (SSSR count). The first-order valence-electron chi connectivity index (χ1n) is 8.12. The van der Waals surface area contributed by atoms with Crippen LogP contribution in [0.5, 0.6) is 11.5 Å². The maximum absolute atomic E-state index is 12.2. The van der Waals surface area contributed by atoms with E-state index in [1.165, 1.54) is 5.56 Å². The Bertz CT molecular complexity index is 728. The van der Waals surface area contributed by atoms with Crippen molar-refractivity contribution in [2.24, 2.45) is 0 Å². The Labute approximate surface area is 146 Å². The quantitative estimate of drug-likeness (QED) is 0.881. The van der Waals surface area contributed by atoms with Crippen molar-refractivity contribution in [3.05, 3.63) is 52.5 Å². The molecule has 4 nitrogen and oxygen atoms in total. The summed E-state index contributed by atoms with van der Waals surface area (Å²) >= 11 is 6.20. The monoisotopic (exact) mass is 345 g/mol. The Morgan fingerprint density at radius 2 is 1.88 bits per heavy atom. The molecule has 0 aliphatic carbocycles. The van der Waals surface area contributed by atoms with Crippen molar-refractivity contribution in [2.45, 2.75) is 26.2 Å². The van der Waals surface area contributed by atoms with Crippen LogP contribution in [0.1, 0.15) is 24.5 Å². The molecule has 1 N–H and O–H groups in total. The number of ether oxygens (including phenoxy) is 2. The van der Waals surface area contributed by atoms with Crippen LogP contribution in [0.15, 0.2) is 36.4 Å². The summed E-state index contributed by atoms with van der Waals surface area (Å²) in [6, 6.07) is 11.5. The van der Waals surface area contributed by atoms with Gasteiger partial charge in [-0.1, -0.05) is 37.1 Å². The predicted molar refractivity (Wildman–Crippen MR) is 95.2 cm³/mol. The van der Waals surface area contributed by atoms with E-state index in [1.807, 2.05) is 30.3 Å². The summed E-state index contributed by atoms with van der Waals surface area (Å²) in [6.45, 7) is 3.12. The van der Waals surface area contributed by atoms with Crippen molar-refractivity contribution in [1.82, 2.24) is 0 Å². The largest absolute Gasteiger partial charge is 0.486 e. The number of hydrogen-bond donors (Lipinski definition) is 1. The number of amides is 1. The normalized spacial score (nSPS) is 12.8. The van der Waals surface area contributed by atoms with Gasteiger partial charge in [0.2, 0.25) is 5.91 Å². The third-order valence-electron chi connectivity index (χ3n) is 3.80. The molecule has 0 spiro atoms. The topological polar surface area (TPSA) is 47.6 Å². The highest BCUT2D eigenvalue weighted by molar-refractivity contribution is 6.32. The number of nitrogens with one attached hydrogen (secondary N) is 1. The number of benzene rings is 2. The van der Waals surface area contributed by atoms with Crippen LogP contribution in [0.25, 0.3) is 0 Å². The van der Waals surface area contributed by atoms with E-state index in [0.717, 1.165) is 24.1 Å². The maximum Gasteiger partial charge on any atom is 0.228 e. The Morgan fingerprint density at radius 3 is 2.62 bits per heavy atom. The van der Waals surface area contributed by atoms with Gasteiger partial charge in [-0.05, 0) is 41.8 Å². The summed E-state index contributed by atoms with van der Waals surface area (Å²) in [5.74, 6) is 1.06. The number of anilines is 1. The molecule has 2 aromatic rings. The van der Waals surface area contributed by atoms with Crippen LogP contribution in [0.3, 0.4) is 0 Å². The number of hydrogen-bond acceptors (Lipinski definition) is 3. The van der Waals surface area contributed by atoms with Crippen molar-refractivity contribution in [3.63, 3.8) is 0 Å².